The van der Waals surface area contributed by atoms with Gasteiger partial charge in [0.25, 0.3) is 11.7 Å². The zero-order chi connectivity index (χ0) is 19.8. The number of ketones is 1. The SMILES string of the molecule is CC(=O)CN(C)C(=O)c1noc([C@H](CCCC2CCCCC2)CC(=O)O)n1. The molecule has 0 spiro atoms. The van der Waals surface area contributed by atoms with Gasteiger partial charge in [-0.1, -0.05) is 50.1 Å². The van der Waals surface area contributed by atoms with Crippen molar-refractivity contribution in [3.05, 3.63) is 11.7 Å². The van der Waals surface area contributed by atoms with Crippen molar-refractivity contribution in [1.29, 1.82) is 0 Å². The molecule has 1 heterocycles. The summed E-state index contributed by atoms with van der Waals surface area (Å²) in [6.07, 6.45) is 8.91. The largest absolute Gasteiger partial charge is 0.481 e. The molecule has 0 unspecified atom stereocenters. The van der Waals surface area contributed by atoms with Gasteiger partial charge in [0.2, 0.25) is 5.89 Å². The van der Waals surface area contributed by atoms with Crippen LogP contribution in [0.1, 0.15) is 87.1 Å². The van der Waals surface area contributed by atoms with E-state index in [2.05, 4.69) is 10.1 Å². The van der Waals surface area contributed by atoms with E-state index >= 15 is 0 Å². The summed E-state index contributed by atoms with van der Waals surface area (Å²) in [4.78, 5) is 39.9. The molecule has 0 aliphatic heterocycles. The van der Waals surface area contributed by atoms with Crippen molar-refractivity contribution in [2.45, 2.75) is 70.6 Å². The molecule has 1 saturated carbocycles. The molecule has 0 saturated heterocycles. The van der Waals surface area contributed by atoms with E-state index in [-0.39, 0.29) is 30.5 Å². The number of carboxylic acid groups (broad SMARTS) is 1. The Hall–Kier alpha value is -2.25. The van der Waals surface area contributed by atoms with Gasteiger partial charge in [0.1, 0.15) is 5.78 Å². The number of aromatic nitrogens is 2. The third-order valence-electron chi connectivity index (χ3n) is 5.10. The molecule has 1 aromatic rings. The first-order valence-electron chi connectivity index (χ1n) is 9.67. The van der Waals surface area contributed by atoms with Gasteiger partial charge in [0.15, 0.2) is 0 Å². The Balaban J connectivity index is 1.96. The smallest absolute Gasteiger partial charge is 0.304 e. The Morgan fingerprint density at radius 1 is 1.26 bits per heavy atom. The van der Waals surface area contributed by atoms with E-state index in [0.717, 1.165) is 18.8 Å². The third-order valence-corrected chi connectivity index (χ3v) is 5.10. The van der Waals surface area contributed by atoms with Crippen LogP contribution in [0.4, 0.5) is 0 Å². The first-order valence-corrected chi connectivity index (χ1v) is 9.67. The van der Waals surface area contributed by atoms with Gasteiger partial charge in [0, 0.05) is 13.0 Å². The van der Waals surface area contributed by atoms with Crippen molar-refractivity contribution >= 4 is 17.7 Å². The van der Waals surface area contributed by atoms with Gasteiger partial charge in [0.05, 0.1) is 13.0 Å². The topological polar surface area (TPSA) is 114 Å². The number of amides is 1. The number of carboxylic acids is 1. The average molecular weight is 379 g/mol. The van der Waals surface area contributed by atoms with Crippen LogP contribution in [0, 0.1) is 5.92 Å². The third kappa shape index (κ3) is 6.77. The number of nitrogens with zero attached hydrogens (tertiary/aromatic N) is 3. The van der Waals surface area contributed by atoms with E-state index in [0.29, 0.717) is 6.42 Å². The highest BCUT2D eigenvalue weighted by atomic mass is 16.5. The molecule has 0 radical (unpaired) electrons. The highest BCUT2D eigenvalue weighted by Crippen LogP contribution is 2.31. The summed E-state index contributed by atoms with van der Waals surface area (Å²) in [5.74, 6) is -1.24. The monoisotopic (exact) mass is 379 g/mol. The van der Waals surface area contributed by atoms with Crippen molar-refractivity contribution in [3.8, 4) is 0 Å². The van der Waals surface area contributed by atoms with Crippen LogP contribution in [-0.4, -0.2) is 51.4 Å². The summed E-state index contributed by atoms with van der Waals surface area (Å²) in [6, 6.07) is 0. The average Bonchev–Trinajstić information content (AvgIpc) is 3.10. The quantitative estimate of drug-likeness (QED) is 0.664. The lowest BCUT2D eigenvalue weighted by Crippen LogP contribution is -2.31. The van der Waals surface area contributed by atoms with Crippen molar-refractivity contribution in [2.75, 3.05) is 13.6 Å². The van der Waals surface area contributed by atoms with Gasteiger partial charge in [-0.25, -0.2) is 0 Å². The molecule has 2 rings (SSSR count). The molecule has 150 valence electrons. The highest BCUT2D eigenvalue weighted by Gasteiger charge is 2.26. The zero-order valence-corrected chi connectivity index (χ0v) is 16.1. The predicted molar refractivity (Wildman–Crippen MR) is 97.4 cm³/mol. The molecule has 0 bridgehead atoms. The molecule has 27 heavy (non-hydrogen) atoms. The minimum Gasteiger partial charge on any atom is -0.481 e. The summed E-state index contributed by atoms with van der Waals surface area (Å²) in [7, 11) is 1.48. The van der Waals surface area contributed by atoms with E-state index in [9.17, 15) is 19.5 Å². The van der Waals surface area contributed by atoms with Gasteiger partial charge in [-0.3, -0.25) is 14.4 Å². The van der Waals surface area contributed by atoms with Gasteiger partial charge in [-0.15, -0.1) is 0 Å². The minimum atomic E-state index is -0.933. The molecule has 8 heteroatoms. The maximum atomic E-state index is 12.2. The van der Waals surface area contributed by atoms with E-state index in [1.165, 1.54) is 51.0 Å². The van der Waals surface area contributed by atoms with E-state index in [1.54, 1.807) is 0 Å². The lowest BCUT2D eigenvalue weighted by Gasteiger charge is -2.21. The zero-order valence-electron chi connectivity index (χ0n) is 16.1. The fraction of sp³-hybridized carbons (Fsp3) is 0.737. The number of likely N-dealkylation sites (N-methyl/N-ethyl adjacent to an activating group) is 1. The number of carbonyl (C=O) groups excluding carboxylic acids is 2. The fourth-order valence-corrected chi connectivity index (χ4v) is 3.72. The van der Waals surface area contributed by atoms with Crippen molar-refractivity contribution < 1.29 is 24.0 Å². The fourth-order valence-electron chi connectivity index (χ4n) is 3.72. The van der Waals surface area contributed by atoms with Gasteiger partial charge in [-0.2, -0.15) is 4.98 Å². The number of carbonyl (C=O) groups is 3. The second kappa shape index (κ2) is 10.2. The lowest BCUT2D eigenvalue weighted by molar-refractivity contribution is -0.137. The molecule has 1 aliphatic carbocycles. The standard InChI is InChI=1S/C19H29N3O5/c1-13(23)12-22(2)19(26)17-20-18(27-21-17)15(11-16(24)25)10-6-9-14-7-4-3-5-8-14/h14-15H,3-12H2,1-2H3,(H,24,25)/t15-/m1/s1. The summed E-state index contributed by atoms with van der Waals surface area (Å²) < 4.78 is 5.19. The lowest BCUT2D eigenvalue weighted by atomic mass is 9.84. The first-order chi connectivity index (χ1) is 12.9. The Labute approximate surface area is 159 Å². The second-order valence-corrected chi connectivity index (χ2v) is 7.55. The predicted octanol–water partition coefficient (Wildman–Crippen LogP) is 3.04. The van der Waals surface area contributed by atoms with Crippen LogP contribution in [0.3, 0.4) is 0 Å². The Morgan fingerprint density at radius 3 is 2.59 bits per heavy atom. The van der Waals surface area contributed by atoms with Gasteiger partial charge < -0.3 is 14.5 Å². The van der Waals surface area contributed by atoms with Crippen molar-refractivity contribution in [1.82, 2.24) is 15.0 Å². The van der Waals surface area contributed by atoms with E-state index in [1.807, 2.05) is 0 Å². The van der Waals surface area contributed by atoms with Crippen LogP contribution >= 0.6 is 0 Å². The Bertz CT molecular complexity index is 652. The first kappa shape index (κ1) is 21.1. The highest BCUT2D eigenvalue weighted by molar-refractivity contribution is 5.93. The van der Waals surface area contributed by atoms with Gasteiger partial charge >= 0.3 is 5.97 Å². The normalized spacial score (nSPS) is 16.1. The number of hydrogen-bond acceptors (Lipinski definition) is 6. The maximum Gasteiger partial charge on any atom is 0.304 e. The van der Waals surface area contributed by atoms with E-state index < -0.39 is 17.8 Å². The van der Waals surface area contributed by atoms with Crippen LogP contribution in [-0.2, 0) is 9.59 Å². The molecular weight excluding hydrogens is 350 g/mol. The number of Topliss-reactive ketones (excluding diaryl/α,β-unsaturated/α-hetero) is 1. The summed E-state index contributed by atoms with van der Waals surface area (Å²) >= 11 is 0. The molecule has 1 aromatic heterocycles. The number of hydrogen-bond donors (Lipinski definition) is 1. The molecule has 0 aromatic carbocycles. The minimum absolute atomic E-state index is 0.0390. The number of aliphatic carboxylic acids is 1. The molecule has 1 aliphatic rings. The molecule has 1 fully saturated rings. The van der Waals surface area contributed by atoms with Crippen LogP contribution < -0.4 is 0 Å². The van der Waals surface area contributed by atoms with E-state index in [4.69, 9.17) is 4.52 Å². The summed E-state index contributed by atoms with van der Waals surface area (Å²) in [5.41, 5.74) is 0. The Morgan fingerprint density at radius 2 is 1.96 bits per heavy atom. The molecular formula is C19H29N3O5. The summed E-state index contributed by atoms with van der Waals surface area (Å²) in [6.45, 7) is 1.35. The van der Waals surface area contributed by atoms with Crippen LogP contribution in [0.5, 0.6) is 0 Å². The van der Waals surface area contributed by atoms with Gasteiger partial charge in [-0.05, 0) is 19.3 Å². The molecule has 1 atom stereocenters. The molecule has 1 N–H and O–H groups in total. The summed E-state index contributed by atoms with van der Waals surface area (Å²) in [5, 5.41) is 12.9. The van der Waals surface area contributed by atoms with Crippen molar-refractivity contribution in [3.63, 3.8) is 0 Å². The van der Waals surface area contributed by atoms with Crippen molar-refractivity contribution in [2.24, 2.45) is 5.92 Å². The second-order valence-electron chi connectivity index (χ2n) is 7.55. The van der Waals surface area contributed by atoms with Crippen LogP contribution in [0.2, 0.25) is 0 Å². The Kier molecular flexibility index (Phi) is 7.94. The maximum absolute atomic E-state index is 12.2. The van der Waals surface area contributed by atoms with Crippen LogP contribution in [0.25, 0.3) is 0 Å². The molecule has 1 amide bonds. The number of rotatable bonds is 10. The van der Waals surface area contributed by atoms with Crippen LogP contribution in [0.15, 0.2) is 4.52 Å². The molecule has 8 nitrogen and oxygen atoms in total.